The number of nitrogens with one attached hydrogen (secondary N) is 1. The molecule has 0 atom stereocenters. The van der Waals surface area contributed by atoms with Gasteiger partial charge in [-0.05, 0) is 18.2 Å². The summed E-state index contributed by atoms with van der Waals surface area (Å²) in [6.45, 7) is 0.430. The summed E-state index contributed by atoms with van der Waals surface area (Å²) in [6, 6.07) is 8.94. The second-order valence-corrected chi connectivity index (χ2v) is 9.72. The maximum Gasteiger partial charge on any atom is 0.281 e. The fourth-order valence-electron chi connectivity index (χ4n) is 3.48. The number of nitro groups is 1. The number of H-pyrrole nitrogens is 1. The molecule has 0 amide bonds. The smallest absolute Gasteiger partial charge is 0.281 e. The van der Waals surface area contributed by atoms with Crippen LogP contribution in [0.15, 0.2) is 65.2 Å². The van der Waals surface area contributed by atoms with Crippen LogP contribution in [0.25, 0.3) is 5.52 Å². The Morgan fingerprint density at radius 2 is 2.05 bits per heavy atom. The van der Waals surface area contributed by atoms with Gasteiger partial charge in [0, 0.05) is 62.8 Å². The molecule has 4 rings (SSSR count). The number of hydrogen-bond acceptors (Lipinski definition) is 9. The number of rotatable bonds is 9. The number of nitriles is 1. The van der Waals surface area contributed by atoms with E-state index in [1.54, 1.807) is 42.8 Å². The van der Waals surface area contributed by atoms with E-state index in [1.165, 1.54) is 36.1 Å². The van der Waals surface area contributed by atoms with E-state index in [1.807, 2.05) is 6.07 Å². The normalized spacial score (nSPS) is 11.3. The lowest BCUT2D eigenvalue weighted by atomic mass is 10.2. The molecule has 13 nitrogen and oxygen atoms in total. The molecule has 0 unspecified atom stereocenters. The van der Waals surface area contributed by atoms with Crippen molar-refractivity contribution in [1.29, 1.82) is 5.26 Å². The third-order valence-corrected chi connectivity index (χ3v) is 7.18. The summed E-state index contributed by atoms with van der Waals surface area (Å²) >= 11 is 0. The summed E-state index contributed by atoms with van der Waals surface area (Å²) in [4.78, 5) is 19.1. The lowest BCUT2D eigenvalue weighted by Gasteiger charge is -2.23. The molecule has 0 radical (unpaired) electrons. The highest BCUT2D eigenvalue weighted by molar-refractivity contribution is 7.89. The van der Waals surface area contributed by atoms with Gasteiger partial charge in [0.05, 0.1) is 46.5 Å². The summed E-state index contributed by atoms with van der Waals surface area (Å²) < 4.78 is 29.2. The number of fused-ring (bicyclic) bond motifs is 1. The van der Waals surface area contributed by atoms with Crippen LogP contribution in [0.5, 0.6) is 0 Å². The minimum atomic E-state index is -4.27. The van der Waals surface area contributed by atoms with Crippen molar-refractivity contribution < 1.29 is 13.3 Å². The van der Waals surface area contributed by atoms with Gasteiger partial charge in [-0.25, -0.2) is 9.50 Å². The molecule has 0 aliphatic rings. The predicted molar refractivity (Wildman–Crippen MR) is 138 cm³/mol. The number of pyridine rings is 1. The number of likely N-dealkylation sites (N-methyl/N-ethyl adjacent to an activating group) is 1. The van der Waals surface area contributed by atoms with Gasteiger partial charge in [-0.1, -0.05) is 0 Å². The summed E-state index contributed by atoms with van der Waals surface area (Å²) in [7, 11) is -1.33. The monoisotopic (exact) mass is 543 g/mol. The Balaban J connectivity index is 0.00000380. The van der Waals surface area contributed by atoms with Gasteiger partial charge in [0.15, 0.2) is 0 Å². The molecule has 1 aromatic carbocycles. The van der Waals surface area contributed by atoms with E-state index in [2.05, 4.69) is 20.2 Å². The van der Waals surface area contributed by atoms with Gasteiger partial charge in [0.2, 0.25) is 0 Å². The van der Waals surface area contributed by atoms with Gasteiger partial charge in [-0.15, -0.1) is 12.4 Å². The van der Waals surface area contributed by atoms with Crippen molar-refractivity contribution in [1.82, 2.24) is 24.0 Å². The maximum absolute atomic E-state index is 13.5. The molecule has 4 aromatic rings. The first-order valence-electron chi connectivity index (χ1n) is 10.6. The number of aromatic nitrogens is 4. The number of sulfonamides is 1. The molecule has 192 valence electrons. The summed E-state index contributed by atoms with van der Waals surface area (Å²) in [5.74, 6) is 0. The lowest BCUT2D eigenvalue weighted by molar-refractivity contribution is -0.385. The number of nitrogens with zero attached hydrogens (tertiary/aromatic N) is 8. The predicted octanol–water partition coefficient (Wildman–Crippen LogP) is 2.59. The zero-order valence-electron chi connectivity index (χ0n) is 19.7. The van der Waals surface area contributed by atoms with Gasteiger partial charge in [0.1, 0.15) is 4.90 Å². The Morgan fingerprint density at radius 1 is 1.27 bits per heavy atom. The average Bonchev–Trinajstić information content (AvgIpc) is 3.54. The first kappa shape index (κ1) is 27.1. The van der Waals surface area contributed by atoms with Crippen molar-refractivity contribution in [2.45, 2.75) is 11.3 Å². The molecule has 0 fully saturated rings. The Morgan fingerprint density at radius 3 is 2.73 bits per heavy atom. The summed E-state index contributed by atoms with van der Waals surface area (Å²) in [5.41, 5.74) is 2.27. The summed E-state index contributed by atoms with van der Waals surface area (Å²) in [5, 5.41) is 28.7. The number of hydrazone groups is 1. The van der Waals surface area contributed by atoms with Crippen LogP contribution in [0.3, 0.4) is 0 Å². The molecule has 0 saturated carbocycles. The second-order valence-electron chi connectivity index (χ2n) is 7.80. The van der Waals surface area contributed by atoms with Crippen molar-refractivity contribution in [3.63, 3.8) is 0 Å². The second kappa shape index (κ2) is 11.1. The zero-order chi connectivity index (χ0) is 25.9. The molecule has 1 N–H and O–H groups in total. The number of hydrogen-bond donors (Lipinski definition) is 1. The molecule has 3 aromatic heterocycles. The van der Waals surface area contributed by atoms with Crippen LogP contribution in [0, 0.1) is 21.4 Å². The van der Waals surface area contributed by atoms with E-state index in [4.69, 9.17) is 5.26 Å². The minimum absolute atomic E-state index is 0. The molecule has 3 heterocycles. The van der Waals surface area contributed by atoms with Crippen LogP contribution >= 0.6 is 12.4 Å². The van der Waals surface area contributed by atoms with Gasteiger partial charge in [-0.2, -0.15) is 28.3 Å². The van der Waals surface area contributed by atoms with Crippen molar-refractivity contribution in [2.24, 2.45) is 5.10 Å². The van der Waals surface area contributed by atoms with Gasteiger partial charge in [0.25, 0.3) is 15.7 Å². The van der Waals surface area contributed by atoms with Gasteiger partial charge < -0.3 is 9.88 Å². The number of imidazole rings is 1. The van der Waals surface area contributed by atoms with Gasteiger partial charge in [-0.3, -0.25) is 10.1 Å². The Kier molecular flexibility index (Phi) is 8.11. The first-order valence-corrected chi connectivity index (χ1v) is 12.0. The topological polar surface area (TPSA) is 166 Å². The first-order chi connectivity index (χ1) is 17.2. The van der Waals surface area contributed by atoms with Crippen LogP contribution in [-0.4, -0.2) is 64.2 Å². The summed E-state index contributed by atoms with van der Waals surface area (Å²) in [6.07, 6.45) is 8.18. The molecule has 37 heavy (non-hydrogen) atoms. The number of aromatic amines is 1. The highest BCUT2D eigenvalue weighted by Gasteiger charge is 2.27. The quantitative estimate of drug-likeness (QED) is 0.191. The zero-order valence-corrected chi connectivity index (χ0v) is 21.3. The standard InChI is InChI=1S/C22H21N9O4S.ClH/c1-28(7-6-18-14-24-15-25-18)20-4-3-19(31(32)33)10-22(20)36(34,35)29(2)26-12-17-13-27-30-8-5-16(11-23)9-21(17)30;/h3-5,8-10,12-15H,6-7H2,1-2H3,(H,24,25);1H/b26-12+;. The average molecular weight is 544 g/mol. The van der Waals surface area contributed by atoms with E-state index >= 15 is 0 Å². The molecule has 15 heteroatoms. The fourth-order valence-corrected chi connectivity index (χ4v) is 4.70. The molecule has 0 spiro atoms. The Hall–Kier alpha value is -4.48. The molecule has 0 aliphatic heterocycles. The number of halogens is 1. The maximum atomic E-state index is 13.5. The Labute approximate surface area is 218 Å². The highest BCUT2D eigenvalue weighted by Crippen LogP contribution is 2.31. The largest absolute Gasteiger partial charge is 0.373 e. The number of anilines is 1. The van der Waals surface area contributed by atoms with E-state index in [0.29, 0.717) is 29.6 Å². The highest BCUT2D eigenvalue weighted by atomic mass is 35.5. The van der Waals surface area contributed by atoms with E-state index in [-0.39, 0.29) is 28.7 Å². The van der Waals surface area contributed by atoms with Crippen molar-refractivity contribution >= 4 is 45.5 Å². The van der Waals surface area contributed by atoms with Crippen molar-refractivity contribution in [2.75, 3.05) is 25.5 Å². The lowest BCUT2D eigenvalue weighted by Crippen LogP contribution is -2.27. The number of benzene rings is 1. The van der Waals surface area contributed by atoms with Crippen LogP contribution in [0.4, 0.5) is 11.4 Å². The van der Waals surface area contributed by atoms with Crippen molar-refractivity contribution in [3.8, 4) is 6.07 Å². The van der Waals surface area contributed by atoms with Crippen LogP contribution in [-0.2, 0) is 16.4 Å². The number of non-ortho nitro benzene ring substituents is 1. The van der Waals surface area contributed by atoms with Gasteiger partial charge >= 0.3 is 0 Å². The third kappa shape index (κ3) is 5.68. The molecule has 0 saturated heterocycles. The molecular weight excluding hydrogens is 522 g/mol. The van der Waals surface area contributed by atoms with Crippen LogP contribution < -0.4 is 4.90 Å². The van der Waals surface area contributed by atoms with E-state index in [9.17, 15) is 18.5 Å². The third-order valence-electron chi connectivity index (χ3n) is 5.50. The fraction of sp³-hybridized carbons (Fsp3) is 0.182. The SMILES string of the molecule is CN(CCc1cnc[nH]1)c1ccc([N+](=O)[O-])cc1S(=O)(=O)N(C)/N=C/c1cnn2ccc(C#N)cc12.Cl. The molecule has 0 aliphatic carbocycles. The van der Waals surface area contributed by atoms with E-state index < -0.39 is 14.9 Å². The minimum Gasteiger partial charge on any atom is -0.373 e. The van der Waals surface area contributed by atoms with Crippen LogP contribution in [0.2, 0.25) is 0 Å². The molecular formula is C22H22ClN9O4S. The van der Waals surface area contributed by atoms with Crippen LogP contribution in [0.1, 0.15) is 16.8 Å². The van der Waals surface area contributed by atoms with E-state index in [0.717, 1.165) is 16.2 Å². The molecule has 0 bridgehead atoms. The van der Waals surface area contributed by atoms with Crippen molar-refractivity contribution in [3.05, 3.63) is 82.2 Å². The number of nitro benzene ring substituents is 1. The Bertz CT molecular complexity index is 1590.